The van der Waals surface area contributed by atoms with Crippen LogP contribution in [0.15, 0.2) is 18.5 Å². The first-order valence-corrected chi connectivity index (χ1v) is 6.61. The number of nitrogens with two attached hydrogens (primary N) is 1. The Morgan fingerprint density at radius 2 is 2.11 bits per heavy atom. The summed E-state index contributed by atoms with van der Waals surface area (Å²) in [6.07, 6.45) is 4.76. The Labute approximate surface area is 108 Å². The van der Waals surface area contributed by atoms with Crippen molar-refractivity contribution in [2.45, 2.75) is 12.5 Å². The van der Waals surface area contributed by atoms with Gasteiger partial charge in [-0.25, -0.2) is 0 Å². The molecular formula is C13H20N4O. The highest BCUT2D eigenvalue weighted by atomic mass is 16.5. The SMILES string of the molecule is Nc1cnccc1N1CCC(N2CCOCC2)C1. The van der Waals surface area contributed by atoms with Crippen molar-refractivity contribution in [2.24, 2.45) is 0 Å². The van der Waals surface area contributed by atoms with Gasteiger partial charge in [-0.15, -0.1) is 0 Å². The van der Waals surface area contributed by atoms with Crippen LogP contribution in [-0.4, -0.2) is 55.3 Å². The number of hydrogen-bond donors (Lipinski definition) is 1. The van der Waals surface area contributed by atoms with E-state index in [0.717, 1.165) is 50.8 Å². The van der Waals surface area contributed by atoms with Crippen molar-refractivity contribution in [3.05, 3.63) is 18.5 Å². The number of hydrogen-bond acceptors (Lipinski definition) is 5. The lowest BCUT2D eigenvalue weighted by Crippen LogP contribution is -2.44. The molecule has 18 heavy (non-hydrogen) atoms. The van der Waals surface area contributed by atoms with Gasteiger partial charge in [0.15, 0.2) is 0 Å². The lowest BCUT2D eigenvalue weighted by atomic mass is 10.2. The molecule has 0 amide bonds. The lowest BCUT2D eigenvalue weighted by molar-refractivity contribution is 0.0209. The zero-order valence-electron chi connectivity index (χ0n) is 10.6. The largest absolute Gasteiger partial charge is 0.396 e. The van der Waals surface area contributed by atoms with Crippen LogP contribution in [0.2, 0.25) is 0 Å². The van der Waals surface area contributed by atoms with Crippen LogP contribution < -0.4 is 10.6 Å². The first-order chi connectivity index (χ1) is 8.84. The van der Waals surface area contributed by atoms with Gasteiger partial charge in [-0.3, -0.25) is 9.88 Å². The summed E-state index contributed by atoms with van der Waals surface area (Å²) >= 11 is 0. The number of anilines is 2. The van der Waals surface area contributed by atoms with E-state index in [1.807, 2.05) is 12.3 Å². The summed E-state index contributed by atoms with van der Waals surface area (Å²) in [5, 5.41) is 0. The highest BCUT2D eigenvalue weighted by Crippen LogP contribution is 2.27. The molecule has 0 saturated carbocycles. The van der Waals surface area contributed by atoms with E-state index in [1.54, 1.807) is 6.20 Å². The molecule has 5 heteroatoms. The Morgan fingerprint density at radius 1 is 1.28 bits per heavy atom. The van der Waals surface area contributed by atoms with Gasteiger partial charge in [0.2, 0.25) is 0 Å². The number of nitrogen functional groups attached to an aromatic ring is 1. The average molecular weight is 248 g/mol. The number of morpholine rings is 1. The molecule has 98 valence electrons. The average Bonchev–Trinajstić information content (AvgIpc) is 2.90. The van der Waals surface area contributed by atoms with E-state index in [4.69, 9.17) is 10.5 Å². The van der Waals surface area contributed by atoms with Crippen LogP contribution in [0.3, 0.4) is 0 Å². The molecule has 1 atom stereocenters. The zero-order chi connectivity index (χ0) is 12.4. The predicted octanol–water partition coefficient (Wildman–Crippen LogP) is 0.575. The molecule has 2 N–H and O–H groups in total. The van der Waals surface area contributed by atoms with Gasteiger partial charge in [0.1, 0.15) is 0 Å². The maximum absolute atomic E-state index is 5.99. The van der Waals surface area contributed by atoms with Crippen molar-refractivity contribution < 1.29 is 4.74 Å². The topological polar surface area (TPSA) is 54.6 Å². The quantitative estimate of drug-likeness (QED) is 0.829. The van der Waals surface area contributed by atoms with Crippen LogP contribution in [0.5, 0.6) is 0 Å². The molecule has 0 bridgehead atoms. The minimum absolute atomic E-state index is 0.640. The summed E-state index contributed by atoms with van der Waals surface area (Å²) < 4.78 is 5.41. The molecule has 1 aromatic heterocycles. The smallest absolute Gasteiger partial charge is 0.0738 e. The molecule has 2 aliphatic heterocycles. The first kappa shape index (κ1) is 11.7. The summed E-state index contributed by atoms with van der Waals surface area (Å²) in [7, 11) is 0. The van der Waals surface area contributed by atoms with Crippen LogP contribution in [0.25, 0.3) is 0 Å². The van der Waals surface area contributed by atoms with Gasteiger partial charge in [-0.05, 0) is 12.5 Å². The number of rotatable bonds is 2. The van der Waals surface area contributed by atoms with E-state index in [2.05, 4.69) is 14.8 Å². The van der Waals surface area contributed by atoms with Gasteiger partial charge < -0.3 is 15.4 Å². The molecule has 5 nitrogen and oxygen atoms in total. The summed E-state index contributed by atoms with van der Waals surface area (Å²) in [6, 6.07) is 2.65. The predicted molar refractivity (Wildman–Crippen MR) is 71.7 cm³/mol. The summed E-state index contributed by atoms with van der Waals surface area (Å²) in [5.74, 6) is 0. The van der Waals surface area contributed by atoms with Crippen LogP contribution in [0, 0.1) is 0 Å². The van der Waals surface area contributed by atoms with Gasteiger partial charge in [-0.1, -0.05) is 0 Å². The van der Waals surface area contributed by atoms with Gasteiger partial charge in [0.05, 0.1) is 30.8 Å². The zero-order valence-corrected chi connectivity index (χ0v) is 10.6. The number of ether oxygens (including phenoxy) is 1. The monoisotopic (exact) mass is 248 g/mol. The standard InChI is InChI=1S/C13H20N4O/c14-12-9-15-3-1-13(12)17-4-2-11(10-17)16-5-7-18-8-6-16/h1,3,9,11H,2,4-8,10,14H2. The van der Waals surface area contributed by atoms with E-state index in [9.17, 15) is 0 Å². The second-order valence-corrected chi connectivity index (χ2v) is 4.97. The Bertz CT molecular complexity index is 406. The molecule has 1 unspecified atom stereocenters. The first-order valence-electron chi connectivity index (χ1n) is 6.61. The fourth-order valence-corrected chi connectivity index (χ4v) is 2.89. The van der Waals surface area contributed by atoms with Crippen molar-refractivity contribution in [1.29, 1.82) is 0 Å². The van der Waals surface area contributed by atoms with Gasteiger partial charge in [-0.2, -0.15) is 0 Å². The molecule has 1 aromatic rings. The van der Waals surface area contributed by atoms with E-state index in [1.165, 1.54) is 6.42 Å². The summed E-state index contributed by atoms with van der Waals surface area (Å²) in [5.41, 5.74) is 7.89. The lowest BCUT2D eigenvalue weighted by Gasteiger charge is -2.32. The van der Waals surface area contributed by atoms with Crippen LogP contribution in [0.4, 0.5) is 11.4 Å². The highest BCUT2D eigenvalue weighted by Gasteiger charge is 2.29. The van der Waals surface area contributed by atoms with Gasteiger partial charge in [0, 0.05) is 38.4 Å². The molecule has 0 spiro atoms. The summed E-state index contributed by atoms with van der Waals surface area (Å²) in [4.78, 5) is 8.96. The van der Waals surface area contributed by atoms with Crippen LogP contribution in [0.1, 0.15) is 6.42 Å². The van der Waals surface area contributed by atoms with Crippen LogP contribution >= 0.6 is 0 Å². The third-order valence-corrected chi connectivity index (χ3v) is 3.89. The molecule has 0 aliphatic carbocycles. The third kappa shape index (κ3) is 2.28. The minimum atomic E-state index is 0.640. The highest BCUT2D eigenvalue weighted by molar-refractivity contribution is 5.66. The van der Waals surface area contributed by atoms with Gasteiger partial charge in [0.25, 0.3) is 0 Å². The molecule has 0 radical (unpaired) electrons. The maximum atomic E-state index is 5.99. The van der Waals surface area contributed by atoms with Crippen molar-refractivity contribution in [3.63, 3.8) is 0 Å². The van der Waals surface area contributed by atoms with E-state index >= 15 is 0 Å². The van der Waals surface area contributed by atoms with Crippen molar-refractivity contribution in [1.82, 2.24) is 9.88 Å². The van der Waals surface area contributed by atoms with Crippen molar-refractivity contribution in [3.8, 4) is 0 Å². The third-order valence-electron chi connectivity index (χ3n) is 3.89. The molecule has 2 aliphatic rings. The Balaban J connectivity index is 1.66. The molecular weight excluding hydrogens is 228 g/mol. The molecule has 3 rings (SSSR count). The van der Waals surface area contributed by atoms with E-state index < -0.39 is 0 Å². The fourth-order valence-electron chi connectivity index (χ4n) is 2.89. The van der Waals surface area contributed by atoms with E-state index in [-0.39, 0.29) is 0 Å². The molecule has 0 aromatic carbocycles. The number of aromatic nitrogens is 1. The van der Waals surface area contributed by atoms with Crippen molar-refractivity contribution >= 4 is 11.4 Å². The Hall–Kier alpha value is -1.33. The molecule has 3 heterocycles. The van der Waals surface area contributed by atoms with Crippen molar-refractivity contribution in [2.75, 3.05) is 50.0 Å². The second kappa shape index (κ2) is 5.12. The van der Waals surface area contributed by atoms with Crippen LogP contribution in [-0.2, 0) is 4.74 Å². The number of pyridine rings is 1. The maximum Gasteiger partial charge on any atom is 0.0738 e. The molecule has 2 fully saturated rings. The number of nitrogens with zero attached hydrogens (tertiary/aromatic N) is 3. The fraction of sp³-hybridized carbons (Fsp3) is 0.615. The normalized spacial score (nSPS) is 25.6. The second-order valence-electron chi connectivity index (χ2n) is 4.97. The Kier molecular flexibility index (Phi) is 3.34. The van der Waals surface area contributed by atoms with Gasteiger partial charge >= 0.3 is 0 Å². The summed E-state index contributed by atoms with van der Waals surface area (Å²) in [6.45, 7) is 6.00. The Morgan fingerprint density at radius 3 is 2.89 bits per heavy atom. The minimum Gasteiger partial charge on any atom is -0.396 e. The van der Waals surface area contributed by atoms with E-state index in [0.29, 0.717) is 6.04 Å². The molecule has 2 saturated heterocycles.